The number of hydrogen-bond donors (Lipinski definition) is 3. The molecule has 1 saturated heterocycles. The van der Waals surface area contributed by atoms with E-state index < -0.39 is 32.0 Å². The normalized spacial score (nSPS) is 22.1. The first-order chi connectivity index (χ1) is 12.1. The lowest BCUT2D eigenvalue weighted by atomic mass is 10.2. The number of anilines is 2. The van der Waals surface area contributed by atoms with E-state index in [1.54, 1.807) is 36.4 Å². The minimum absolute atomic E-state index is 0.133. The molecule has 140 valence electrons. The first kappa shape index (κ1) is 19.2. The number of hydrogen-bond acceptors (Lipinski definition) is 6. The molecule has 0 bridgehead atoms. The quantitative estimate of drug-likeness (QED) is 0.626. The molecule has 2 atom stereocenters. The summed E-state index contributed by atoms with van der Waals surface area (Å²) in [5, 5.41) is 12.8. The van der Waals surface area contributed by atoms with E-state index in [2.05, 4.69) is 26.0 Å². The highest BCUT2D eigenvalue weighted by atomic mass is 79.9. The molecule has 1 aliphatic rings. The Morgan fingerprint density at radius 3 is 2.08 bits per heavy atom. The third kappa shape index (κ3) is 4.56. The first-order valence-electron chi connectivity index (χ1n) is 7.68. The summed E-state index contributed by atoms with van der Waals surface area (Å²) in [6.07, 6.45) is -0.962. The van der Waals surface area contributed by atoms with Crippen LogP contribution in [0.4, 0.5) is 11.4 Å². The van der Waals surface area contributed by atoms with Crippen LogP contribution in [-0.4, -0.2) is 45.6 Å². The molecule has 3 rings (SSSR count). The fourth-order valence-electron chi connectivity index (χ4n) is 2.64. The van der Waals surface area contributed by atoms with E-state index in [0.29, 0.717) is 11.4 Å². The van der Waals surface area contributed by atoms with Gasteiger partial charge in [0.25, 0.3) is 10.0 Å². The minimum Gasteiger partial charge on any atom is -0.390 e. The molecule has 1 fully saturated rings. The van der Waals surface area contributed by atoms with E-state index in [1.807, 2.05) is 0 Å². The van der Waals surface area contributed by atoms with Gasteiger partial charge in [-0.1, -0.05) is 15.9 Å². The zero-order valence-electron chi connectivity index (χ0n) is 13.5. The van der Waals surface area contributed by atoms with Crippen LogP contribution in [0.25, 0.3) is 0 Å². The molecule has 0 radical (unpaired) electrons. The Morgan fingerprint density at radius 2 is 1.54 bits per heavy atom. The topological polar surface area (TPSA) is 113 Å². The van der Waals surface area contributed by atoms with Gasteiger partial charge in [-0.15, -0.1) is 0 Å². The average Bonchev–Trinajstić information content (AvgIpc) is 2.81. The second-order valence-electron chi connectivity index (χ2n) is 6.03. The van der Waals surface area contributed by atoms with Crippen LogP contribution in [0.1, 0.15) is 0 Å². The van der Waals surface area contributed by atoms with Crippen molar-refractivity contribution >= 4 is 47.2 Å². The number of halogens is 1. The van der Waals surface area contributed by atoms with Crippen molar-refractivity contribution in [2.24, 2.45) is 0 Å². The lowest BCUT2D eigenvalue weighted by Crippen LogP contribution is -2.31. The number of sulfonamides is 1. The molecule has 2 aromatic carbocycles. The molecule has 7 nitrogen and oxygen atoms in total. The molecule has 26 heavy (non-hydrogen) atoms. The molecule has 0 unspecified atom stereocenters. The predicted molar refractivity (Wildman–Crippen MR) is 103 cm³/mol. The molecule has 1 heterocycles. The van der Waals surface area contributed by atoms with Crippen LogP contribution in [-0.2, 0) is 19.9 Å². The van der Waals surface area contributed by atoms with Gasteiger partial charge in [0.15, 0.2) is 9.84 Å². The Balaban J connectivity index is 1.69. The third-order valence-corrected chi connectivity index (χ3v) is 7.58. The number of aliphatic hydroxyl groups is 1. The maximum atomic E-state index is 12.3. The van der Waals surface area contributed by atoms with Crippen molar-refractivity contribution in [1.82, 2.24) is 0 Å². The summed E-state index contributed by atoms with van der Waals surface area (Å²) in [6, 6.07) is 12.1. The summed E-state index contributed by atoms with van der Waals surface area (Å²) in [4.78, 5) is 0.141. The van der Waals surface area contributed by atoms with E-state index in [-0.39, 0.29) is 16.4 Å². The molecule has 0 aromatic heterocycles. The van der Waals surface area contributed by atoms with Gasteiger partial charge >= 0.3 is 0 Å². The monoisotopic (exact) mass is 460 g/mol. The van der Waals surface area contributed by atoms with Gasteiger partial charge in [-0.05, 0) is 48.5 Å². The molecule has 0 saturated carbocycles. The van der Waals surface area contributed by atoms with E-state index in [0.717, 1.165) is 4.47 Å². The largest absolute Gasteiger partial charge is 0.390 e. The Morgan fingerprint density at radius 1 is 0.962 bits per heavy atom. The van der Waals surface area contributed by atoms with Crippen molar-refractivity contribution in [3.63, 3.8) is 0 Å². The molecular formula is C16H17BrN2O5S2. The maximum Gasteiger partial charge on any atom is 0.261 e. The van der Waals surface area contributed by atoms with Gasteiger partial charge in [-0.25, -0.2) is 16.8 Å². The molecule has 10 heteroatoms. The lowest BCUT2D eigenvalue weighted by molar-refractivity contribution is 0.190. The average molecular weight is 461 g/mol. The Hall–Kier alpha value is -1.62. The summed E-state index contributed by atoms with van der Waals surface area (Å²) in [6.45, 7) is 0. The van der Waals surface area contributed by atoms with E-state index in [4.69, 9.17) is 0 Å². The number of rotatable bonds is 5. The van der Waals surface area contributed by atoms with Crippen molar-refractivity contribution in [2.45, 2.75) is 17.0 Å². The highest BCUT2D eigenvalue weighted by molar-refractivity contribution is 9.10. The molecule has 3 N–H and O–H groups in total. The van der Waals surface area contributed by atoms with Crippen LogP contribution in [0.3, 0.4) is 0 Å². The molecule has 0 aliphatic carbocycles. The molecular weight excluding hydrogens is 444 g/mol. The van der Waals surface area contributed by atoms with Crippen LogP contribution < -0.4 is 10.0 Å². The summed E-state index contributed by atoms with van der Waals surface area (Å²) < 4.78 is 51.0. The van der Waals surface area contributed by atoms with E-state index in [9.17, 15) is 21.9 Å². The van der Waals surface area contributed by atoms with Gasteiger partial charge < -0.3 is 10.4 Å². The fourth-order valence-corrected chi connectivity index (χ4v) is 5.71. The highest BCUT2D eigenvalue weighted by Crippen LogP contribution is 2.22. The zero-order valence-corrected chi connectivity index (χ0v) is 16.7. The van der Waals surface area contributed by atoms with Gasteiger partial charge in [-0.2, -0.15) is 0 Å². The maximum absolute atomic E-state index is 12.3. The predicted octanol–water partition coefficient (Wildman–Crippen LogP) is 1.82. The fraction of sp³-hybridized carbons (Fsp3) is 0.250. The molecule has 1 aliphatic heterocycles. The van der Waals surface area contributed by atoms with Crippen molar-refractivity contribution in [3.05, 3.63) is 53.0 Å². The van der Waals surface area contributed by atoms with Gasteiger partial charge in [0.2, 0.25) is 0 Å². The number of aliphatic hydroxyl groups excluding tert-OH is 1. The minimum atomic E-state index is -3.70. The third-order valence-electron chi connectivity index (χ3n) is 3.94. The van der Waals surface area contributed by atoms with Gasteiger partial charge in [0.05, 0.1) is 28.5 Å². The van der Waals surface area contributed by atoms with Crippen LogP contribution in [0.5, 0.6) is 0 Å². The second-order valence-corrected chi connectivity index (χ2v) is 10.8. The number of benzene rings is 2. The summed E-state index contributed by atoms with van der Waals surface area (Å²) in [7, 11) is -6.94. The van der Waals surface area contributed by atoms with Gasteiger partial charge in [0.1, 0.15) is 0 Å². The number of nitrogens with one attached hydrogen (secondary N) is 2. The Kier molecular flexibility index (Phi) is 5.29. The van der Waals surface area contributed by atoms with Crippen LogP contribution in [0.2, 0.25) is 0 Å². The van der Waals surface area contributed by atoms with Gasteiger partial charge in [-0.3, -0.25) is 4.72 Å². The van der Waals surface area contributed by atoms with Crippen LogP contribution in [0.15, 0.2) is 57.9 Å². The summed E-state index contributed by atoms with van der Waals surface area (Å²) in [5.74, 6) is -0.387. The standard InChI is InChI=1S/C16H17BrN2O5S2/c17-11-1-7-14(8-2-11)26(23,24)19-13-5-3-12(4-6-13)18-15-9-25(21,22)10-16(15)20/h1-8,15-16,18-20H,9-10H2/t15-,16-/m0/s1. The zero-order chi connectivity index (χ0) is 18.9. The SMILES string of the molecule is O=S1(=O)C[C@H](Nc2ccc(NS(=O)(=O)c3ccc(Br)cc3)cc2)[C@@H](O)C1. The number of sulfone groups is 1. The summed E-state index contributed by atoms with van der Waals surface area (Å²) in [5.41, 5.74) is 0.968. The van der Waals surface area contributed by atoms with Crippen molar-refractivity contribution < 1.29 is 21.9 Å². The molecule has 2 aromatic rings. The molecule has 0 amide bonds. The summed E-state index contributed by atoms with van der Waals surface area (Å²) >= 11 is 3.26. The van der Waals surface area contributed by atoms with Crippen LogP contribution in [0, 0.1) is 0 Å². The highest BCUT2D eigenvalue weighted by Gasteiger charge is 2.36. The first-order valence-corrected chi connectivity index (χ1v) is 11.8. The van der Waals surface area contributed by atoms with E-state index in [1.165, 1.54) is 12.1 Å². The Bertz CT molecular complexity index is 990. The van der Waals surface area contributed by atoms with Crippen LogP contribution >= 0.6 is 15.9 Å². The lowest BCUT2D eigenvalue weighted by Gasteiger charge is -2.16. The second kappa shape index (κ2) is 7.18. The van der Waals surface area contributed by atoms with Crippen molar-refractivity contribution in [2.75, 3.05) is 21.5 Å². The smallest absolute Gasteiger partial charge is 0.261 e. The molecule has 0 spiro atoms. The van der Waals surface area contributed by atoms with E-state index >= 15 is 0 Å². The van der Waals surface area contributed by atoms with Crippen molar-refractivity contribution in [3.8, 4) is 0 Å². The Labute approximate surface area is 160 Å². The van der Waals surface area contributed by atoms with Crippen molar-refractivity contribution in [1.29, 1.82) is 0 Å². The van der Waals surface area contributed by atoms with Gasteiger partial charge in [0, 0.05) is 15.8 Å².